The molecule has 0 spiro atoms. The van der Waals surface area contributed by atoms with Crippen LogP contribution in [0.4, 0.5) is 10.1 Å². The van der Waals surface area contributed by atoms with Crippen molar-refractivity contribution in [1.29, 1.82) is 0 Å². The summed E-state index contributed by atoms with van der Waals surface area (Å²) in [7, 11) is 1.89. The first-order chi connectivity index (χ1) is 9.56. The van der Waals surface area contributed by atoms with Crippen LogP contribution in [0.3, 0.4) is 0 Å². The number of hydrogen-bond donors (Lipinski definition) is 1. The summed E-state index contributed by atoms with van der Waals surface area (Å²) in [6.07, 6.45) is 8.06. The fourth-order valence-electron chi connectivity index (χ4n) is 2.43. The van der Waals surface area contributed by atoms with Gasteiger partial charge in [0.2, 0.25) is 0 Å². The maximum atomic E-state index is 13.9. The minimum absolute atomic E-state index is 0.0968. The predicted octanol–water partition coefficient (Wildman–Crippen LogP) is 3.26. The second kappa shape index (κ2) is 6.28. The molecule has 1 aliphatic carbocycles. The van der Waals surface area contributed by atoms with Gasteiger partial charge in [0.1, 0.15) is 5.82 Å². The summed E-state index contributed by atoms with van der Waals surface area (Å²) in [5.74, 6) is 3.32. The Morgan fingerprint density at radius 2 is 2.20 bits per heavy atom. The highest BCUT2D eigenvalue weighted by Crippen LogP contribution is 2.34. The highest BCUT2D eigenvalue weighted by atomic mass is 19.1. The maximum absolute atomic E-state index is 13.9. The van der Waals surface area contributed by atoms with E-state index in [0.717, 1.165) is 23.7 Å². The lowest BCUT2D eigenvalue weighted by Crippen LogP contribution is -2.29. The third-order valence-corrected chi connectivity index (χ3v) is 4.01. The molecule has 1 saturated carbocycles. The van der Waals surface area contributed by atoms with Gasteiger partial charge in [-0.05, 0) is 62.9 Å². The van der Waals surface area contributed by atoms with Gasteiger partial charge in [-0.25, -0.2) is 4.39 Å². The lowest BCUT2D eigenvalue weighted by Gasteiger charge is -2.28. The van der Waals surface area contributed by atoms with E-state index >= 15 is 0 Å². The summed E-state index contributed by atoms with van der Waals surface area (Å²) in [6.45, 7) is 5.39. The van der Waals surface area contributed by atoms with Gasteiger partial charge in [0.25, 0.3) is 0 Å². The summed E-state index contributed by atoms with van der Waals surface area (Å²) in [4.78, 5) is 2.22. The number of terminal acetylenes is 1. The largest absolute Gasteiger partial charge is 0.360 e. The van der Waals surface area contributed by atoms with Crippen LogP contribution >= 0.6 is 0 Å². The number of rotatable bonds is 6. The van der Waals surface area contributed by atoms with Crippen molar-refractivity contribution < 1.29 is 4.39 Å². The second-order valence-electron chi connectivity index (χ2n) is 5.70. The van der Waals surface area contributed by atoms with Gasteiger partial charge in [0.15, 0.2) is 0 Å². The van der Waals surface area contributed by atoms with Crippen LogP contribution in [0.2, 0.25) is 0 Å². The van der Waals surface area contributed by atoms with Gasteiger partial charge < -0.3 is 10.2 Å². The number of nitrogens with zero attached hydrogens (tertiary/aromatic N) is 1. The monoisotopic (exact) mass is 274 g/mol. The smallest absolute Gasteiger partial charge is 0.126 e. The van der Waals surface area contributed by atoms with Crippen molar-refractivity contribution in [2.75, 3.05) is 25.0 Å². The summed E-state index contributed by atoms with van der Waals surface area (Å²) in [5.41, 5.74) is 2.71. The first-order valence-electron chi connectivity index (χ1n) is 7.22. The third kappa shape index (κ3) is 3.32. The van der Waals surface area contributed by atoms with Gasteiger partial charge in [-0.1, -0.05) is 5.92 Å². The number of aryl methyl sites for hydroxylation is 1. The molecule has 1 N–H and O–H groups in total. The van der Waals surface area contributed by atoms with Crippen molar-refractivity contribution >= 4 is 5.69 Å². The van der Waals surface area contributed by atoms with E-state index < -0.39 is 0 Å². The van der Waals surface area contributed by atoms with E-state index in [1.54, 1.807) is 13.0 Å². The fourth-order valence-corrected chi connectivity index (χ4v) is 2.43. The van der Waals surface area contributed by atoms with Gasteiger partial charge >= 0.3 is 0 Å². The van der Waals surface area contributed by atoms with Gasteiger partial charge in [0, 0.05) is 18.3 Å². The average molecular weight is 274 g/mol. The van der Waals surface area contributed by atoms with Crippen LogP contribution in [0, 0.1) is 31.0 Å². The summed E-state index contributed by atoms with van der Waals surface area (Å²) in [6, 6.07) is 3.67. The molecule has 1 fully saturated rings. The maximum Gasteiger partial charge on any atom is 0.126 e. The normalized spacial score (nSPS) is 15.8. The first-order valence-corrected chi connectivity index (χ1v) is 7.22. The Labute approximate surface area is 121 Å². The molecule has 1 aromatic rings. The Hall–Kier alpha value is -1.53. The van der Waals surface area contributed by atoms with Crippen molar-refractivity contribution in [3.63, 3.8) is 0 Å². The van der Waals surface area contributed by atoms with E-state index in [-0.39, 0.29) is 11.9 Å². The third-order valence-electron chi connectivity index (χ3n) is 4.01. The fraction of sp³-hybridized carbons (Fsp3) is 0.529. The van der Waals surface area contributed by atoms with Gasteiger partial charge in [-0.15, -0.1) is 6.42 Å². The Morgan fingerprint density at radius 1 is 1.50 bits per heavy atom. The second-order valence-corrected chi connectivity index (χ2v) is 5.70. The Morgan fingerprint density at radius 3 is 2.75 bits per heavy atom. The number of nitrogens with one attached hydrogen (secondary N) is 1. The molecule has 1 atom stereocenters. The minimum atomic E-state index is -0.155. The standard InChI is InChI=1S/C17H23FN2/c1-5-8-20(11-14-6-7-14)17-9-12(2)16(18)10-15(17)13(3)19-4/h1,9-10,13-14,19H,6-8,11H2,2-4H3. The van der Waals surface area contributed by atoms with Crippen molar-refractivity contribution in [2.45, 2.75) is 32.7 Å². The summed E-state index contributed by atoms with van der Waals surface area (Å²) >= 11 is 0. The topological polar surface area (TPSA) is 15.3 Å². The molecule has 0 heterocycles. The minimum Gasteiger partial charge on any atom is -0.360 e. The molecule has 2 nitrogen and oxygen atoms in total. The highest BCUT2D eigenvalue weighted by Gasteiger charge is 2.26. The van der Waals surface area contributed by atoms with Crippen molar-refractivity contribution in [2.24, 2.45) is 5.92 Å². The molecule has 2 rings (SSSR count). The molecule has 3 heteroatoms. The summed E-state index contributed by atoms with van der Waals surface area (Å²) in [5, 5.41) is 3.19. The molecule has 0 amide bonds. The molecule has 1 unspecified atom stereocenters. The van der Waals surface area contributed by atoms with Crippen LogP contribution in [0.25, 0.3) is 0 Å². The van der Waals surface area contributed by atoms with Gasteiger partial charge in [0.05, 0.1) is 6.54 Å². The van der Waals surface area contributed by atoms with E-state index in [1.807, 2.05) is 20.0 Å². The molecule has 0 aliphatic heterocycles. The number of benzene rings is 1. The molecule has 0 aromatic heterocycles. The Bertz CT molecular complexity index is 514. The lowest BCUT2D eigenvalue weighted by molar-refractivity contribution is 0.599. The number of hydrogen-bond acceptors (Lipinski definition) is 2. The van der Waals surface area contributed by atoms with Crippen LogP contribution in [-0.2, 0) is 0 Å². The number of halogens is 1. The molecular formula is C17H23FN2. The lowest BCUT2D eigenvalue weighted by atomic mass is 10.0. The van der Waals surface area contributed by atoms with Crippen molar-refractivity contribution in [1.82, 2.24) is 5.32 Å². The van der Waals surface area contributed by atoms with Crippen LogP contribution in [0.5, 0.6) is 0 Å². The van der Waals surface area contributed by atoms with Crippen molar-refractivity contribution in [3.05, 3.63) is 29.1 Å². The summed E-state index contributed by atoms with van der Waals surface area (Å²) < 4.78 is 13.9. The molecule has 0 radical (unpaired) electrons. The van der Waals surface area contributed by atoms with Gasteiger partial charge in [-0.2, -0.15) is 0 Å². The predicted molar refractivity (Wildman–Crippen MR) is 82.4 cm³/mol. The highest BCUT2D eigenvalue weighted by molar-refractivity contribution is 5.58. The molecular weight excluding hydrogens is 251 g/mol. The van der Waals surface area contributed by atoms with E-state index in [1.165, 1.54) is 12.8 Å². The molecule has 20 heavy (non-hydrogen) atoms. The Balaban J connectivity index is 2.39. The first kappa shape index (κ1) is 14.9. The zero-order valence-corrected chi connectivity index (χ0v) is 12.5. The Kier molecular flexibility index (Phi) is 4.67. The van der Waals surface area contributed by atoms with E-state index in [0.29, 0.717) is 12.1 Å². The van der Waals surface area contributed by atoms with Crippen LogP contribution in [0.15, 0.2) is 12.1 Å². The van der Waals surface area contributed by atoms with E-state index in [9.17, 15) is 4.39 Å². The zero-order chi connectivity index (χ0) is 14.7. The molecule has 1 aromatic carbocycles. The van der Waals surface area contributed by atoms with Crippen molar-refractivity contribution in [3.8, 4) is 12.3 Å². The number of anilines is 1. The van der Waals surface area contributed by atoms with Crippen LogP contribution in [0.1, 0.15) is 36.9 Å². The molecule has 1 aliphatic rings. The SMILES string of the molecule is C#CCN(CC1CC1)c1cc(C)c(F)cc1C(C)NC. The van der Waals surface area contributed by atoms with Gasteiger partial charge in [-0.3, -0.25) is 0 Å². The zero-order valence-electron chi connectivity index (χ0n) is 12.5. The molecule has 0 saturated heterocycles. The quantitative estimate of drug-likeness (QED) is 0.801. The molecule has 0 bridgehead atoms. The molecule has 108 valence electrons. The van der Waals surface area contributed by atoms with E-state index in [2.05, 4.69) is 16.1 Å². The van der Waals surface area contributed by atoms with Crippen LogP contribution in [-0.4, -0.2) is 20.1 Å². The average Bonchev–Trinajstić information content (AvgIpc) is 3.24. The van der Waals surface area contributed by atoms with Crippen LogP contribution < -0.4 is 10.2 Å². The van der Waals surface area contributed by atoms with E-state index in [4.69, 9.17) is 6.42 Å².